The molecule has 27 heavy (non-hydrogen) atoms. The van der Waals surface area contributed by atoms with Crippen LogP contribution in [0.15, 0.2) is 86.8 Å². The minimum absolute atomic E-state index is 0.185. The van der Waals surface area contributed by atoms with Crippen molar-refractivity contribution in [3.05, 3.63) is 83.8 Å². The Bertz CT molecular complexity index is 1020. The Morgan fingerprint density at radius 3 is 2.44 bits per heavy atom. The molecule has 1 aromatic heterocycles. The number of imide groups is 1. The van der Waals surface area contributed by atoms with E-state index in [-0.39, 0.29) is 5.70 Å². The molecule has 0 radical (unpaired) electrons. The van der Waals surface area contributed by atoms with Crippen molar-refractivity contribution in [2.75, 3.05) is 4.90 Å². The van der Waals surface area contributed by atoms with E-state index in [2.05, 4.69) is 5.32 Å². The van der Waals surface area contributed by atoms with E-state index in [9.17, 15) is 9.59 Å². The van der Waals surface area contributed by atoms with Crippen molar-refractivity contribution in [2.24, 2.45) is 0 Å². The van der Waals surface area contributed by atoms with E-state index in [1.807, 2.05) is 43.3 Å². The van der Waals surface area contributed by atoms with E-state index in [0.717, 1.165) is 9.80 Å². The third-order valence-corrected chi connectivity index (χ3v) is 4.95. The van der Waals surface area contributed by atoms with Crippen LogP contribution in [-0.2, 0) is 4.79 Å². The molecule has 2 heterocycles. The van der Waals surface area contributed by atoms with Crippen LogP contribution < -0.4 is 10.2 Å². The minimum atomic E-state index is -0.474. The number of benzene rings is 2. The van der Waals surface area contributed by atoms with Crippen LogP contribution in [0.1, 0.15) is 11.3 Å². The molecule has 1 fully saturated rings. The zero-order valence-corrected chi connectivity index (χ0v) is 15.3. The van der Waals surface area contributed by atoms with Gasteiger partial charge in [-0.15, -0.1) is 0 Å². The summed E-state index contributed by atoms with van der Waals surface area (Å²) in [6.45, 7) is 2.04. The number of carbonyl (C=O) groups is 2. The fraction of sp³-hybridized carbons (Fsp3) is 0.0476. The Morgan fingerprint density at radius 2 is 1.70 bits per heavy atom. The van der Waals surface area contributed by atoms with E-state index in [4.69, 9.17) is 4.42 Å². The van der Waals surface area contributed by atoms with Crippen molar-refractivity contribution < 1.29 is 14.0 Å². The molecule has 134 valence electrons. The molecule has 1 N–H and O–H groups in total. The Balaban J connectivity index is 1.52. The Hall–Kier alpha value is -3.25. The fourth-order valence-electron chi connectivity index (χ4n) is 2.68. The topological polar surface area (TPSA) is 62.6 Å². The summed E-state index contributed by atoms with van der Waals surface area (Å²) in [4.78, 5) is 26.9. The highest BCUT2D eigenvalue weighted by Crippen LogP contribution is 2.30. The molecule has 0 saturated carbocycles. The Morgan fingerprint density at radius 1 is 0.963 bits per heavy atom. The molecular weight excluding hydrogens is 360 g/mol. The van der Waals surface area contributed by atoms with Crippen molar-refractivity contribution in [2.45, 2.75) is 16.9 Å². The van der Waals surface area contributed by atoms with Crippen LogP contribution in [-0.4, -0.2) is 11.9 Å². The number of carbonyl (C=O) groups excluding carboxylic acids is 2. The van der Waals surface area contributed by atoms with Gasteiger partial charge in [0.2, 0.25) is 0 Å². The van der Waals surface area contributed by atoms with Gasteiger partial charge in [-0.05, 0) is 43.3 Å². The van der Waals surface area contributed by atoms with Gasteiger partial charge >= 0.3 is 6.03 Å². The second-order valence-electron chi connectivity index (χ2n) is 6.04. The monoisotopic (exact) mass is 376 g/mol. The SMILES string of the molecule is Cc1ccc(Sc2ccc(C=C3NC(=O)N(c4ccccc4)C3=O)o2)cc1. The standard InChI is InChI=1S/C21H16N2O3S/c1-14-7-10-17(11-8-14)27-19-12-9-16(26-19)13-18-20(24)23(21(25)22-18)15-5-3-2-4-6-15/h2-13H,1H3,(H,22,25). The van der Waals surface area contributed by atoms with E-state index in [1.165, 1.54) is 17.3 Å². The summed E-state index contributed by atoms with van der Waals surface area (Å²) in [6.07, 6.45) is 1.54. The van der Waals surface area contributed by atoms with E-state index in [0.29, 0.717) is 16.5 Å². The quantitative estimate of drug-likeness (QED) is 0.523. The first-order valence-corrected chi connectivity index (χ1v) is 9.18. The lowest BCUT2D eigenvalue weighted by molar-refractivity contribution is -0.113. The predicted octanol–water partition coefficient (Wildman–Crippen LogP) is 4.84. The lowest BCUT2D eigenvalue weighted by atomic mass is 10.2. The van der Waals surface area contributed by atoms with Crippen LogP contribution in [0.5, 0.6) is 0 Å². The van der Waals surface area contributed by atoms with Crippen LogP contribution in [0, 0.1) is 6.92 Å². The van der Waals surface area contributed by atoms with Crippen molar-refractivity contribution >= 4 is 35.5 Å². The van der Waals surface area contributed by atoms with E-state index >= 15 is 0 Å². The predicted molar refractivity (Wildman–Crippen MR) is 104 cm³/mol. The molecule has 1 saturated heterocycles. The number of hydrogen-bond donors (Lipinski definition) is 1. The van der Waals surface area contributed by atoms with Crippen molar-refractivity contribution in [1.82, 2.24) is 5.32 Å². The number of para-hydroxylation sites is 1. The third kappa shape index (κ3) is 3.66. The molecule has 0 unspecified atom stereocenters. The first kappa shape index (κ1) is 17.2. The molecule has 1 aliphatic heterocycles. The molecule has 4 rings (SSSR count). The number of anilines is 1. The van der Waals surface area contributed by atoms with E-state index in [1.54, 1.807) is 36.4 Å². The highest BCUT2D eigenvalue weighted by Gasteiger charge is 2.34. The zero-order valence-electron chi connectivity index (χ0n) is 14.5. The van der Waals surface area contributed by atoms with Gasteiger partial charge < -0.3 is 9.73 Å². The number of furan rings is 1. The summed E-state index contributed by atoms with van der Waals surface area (Å²) in [5.41, 5.74) is 1.91. The normalized spacial score (nSPS) is 15.4. The molecule has 2 aromatic carbocycles. The highest BCUT2D eigenvalue weighted by molar-refractivity contribution is 7.99. The van der Waals surface area contributed by atoms with Gasteiger partial charge in [-0.2, -0.15) is 0 Å². The second kappa shape index (κ2) is 7.17. The van der Waals surface area contributed by atoms with Gasteiger partial charge in [0.15, 0.2) is 5.09 Å². The first-order valence-electron chi connectivity index (χ1n) is 8.37. The number of hydrogen-bond acceptors (Lipinski definition) is 4. The maximum atomic E-state index is 12.6. The number of nitrogens with zero attached hydrogens (tertiary/aromatic N) is 1. The lowest BCUT2D eigenvalue weighted by Gasteiger charge is -2.10. The number of rotatable bonds is 4. The van der Waals surface area contributed by atoms with Crippen LogP contribution in [0.4, 0.5) is 10.5 Å². The highest BCUT2D eigenvalue weighted by atomic mass is 32.2. The molecule has 6 heteroatoms. The lowest BCUT2D eigenvalue weighted by Crippen LogP contribution is -2.30. The zero-order chi connectivity index (χ0) is 18.8. The maximum absolute atomic E-state index is 12.6. The van der Waals surface area contributed by atoms with Gasteiger partial charge in [-0.1, -0.05) is 47.7 Å². The smallest absolute Gasteiger partial charge is 0.333 e. The van der Waals surface area contributed by atoms with Crippen molar-refractivity contribution in [3.8, 4) is 0 Å². The molecule has 0 aliphatic carbocycles. The number of nitrogens with one attached hydrogen (secondary N) is 1. The Kier molecular flexibility index (Phi) is 4.56. The second-order valence-corrected chi connectivity index (χ2v) is 7.11. The van der Waals surface area contributed by atoms with Gasteiger partial charge in [0.25, 0.3) is 5.91 Å². The largest absolute Gasteiger partial charge is 0.450 e. The maximum Gasteiger partial charge on any atom is 0.333 e. The molecule has 3 amide bonds. The van der Waals surface area contributed by atoms with Crippen LogP contribution in [0.2, 0.25) is 0 Å². The van der Waals surface area contributed by atoms with E-state index < -0.39 is 11.9 Å². The number of aryl methyl sites for hydroxylation is 1. The summed E-state index contributed by atoms with van der Waals surface area (Å²) < 4.78 is 5.77. The Labute approximate surface area is 160 Å². The number of urea groups is 1. The van der Waals surface area contributed by atoms with Gasteiger partial charge in [-0.25, -0.2) is 9.69 Å². The van der Waals surface area contributed by atoms with Crippen LogP contribution in [0.3, 0.4) is 0 Å². The molecule has 0 bridgehead atoms. The summed E-state index contributed by atoms with van der Waals surface area (Å²) in [5.74, 6) is 0.0958. The molecular formula is C21H16N2O3S. The van der Waals surface area contributed by atoms with Crippen LogP contribution in [0.25, 0.3) is 6.08 Å². The van der Waals surface area contributed by atoms with Crippen molar-refractivity contribution in [1.29, 1.82) is 0 Å². The van der Waals surface area contributed by atoms with Gasteiger partial charge in [0, 0.05) is 11.0 Å². The molecule has 3 aromatic rings. The van der Waals surface area contributed by atoms with Crippen molar-refractivity contribution in [3.63, 3.8) is 0 Å². The van der Waals surface area contributed by atoms with Gasteiger partial charge in [0.1, 0.15) is 11.5 Å². The molecule has 1 aliphatic rings. The van der Waals surface area contributed by atoms with Crippen LogP contribution >= 0.6 is 11.8 Å². The fourth-order valence-corrected chi connectivity index (χ4v) is 3.46. The average Bonchev–Trinajstić information content (AvgIpc) is 3.22. The minimum Gasteiger partial charge on any atom is -0.450 e. The molecule has 0 spiro atoms. The average molecular weight is 376 g/mol. The molecule has 5 nitrogen and oxygen atoms in total. The summed E-state index contributed by atoms with van der Waals surface area (Å²) in [6, 6.07) is 20.1. The number of amides is 3. The summed E-state index contributed by atoms with van der Waals surface area (Å²) in [7, 11) is 0. The third-order valence-electron chi connectivity index (χ3n) is 4.02. The van der Waals surface area contributed by atoms with Gasteiger partial charge in [0.05, 0.1) is 5.69 Å². The van der Waals surface area contributed by atoms with Gasteiger partial charge in [-0.3, -0.25) is 4.79 Å². The summed E-state index contributed by atoms with van der Waals surface area (Å²) in [5, 5.41) is 3.31. The summed E-state index contributed by atoms with van der Waals surface area (Å²) >= 11 is 1.50. The molecule has 0 atom stereocenters. The first-order chi connectivity index (χ1) is 13.1.